The molecule has 206 valence electrons. The van der Waals surface area contributed by atoms with Gasteiger partial charge in [0.1, 0.15) is 5.82 Å². The van der Waals surface area contributed by atoms with Crippen LogP contribution in [0, 0.1) is 6.92 Å². The van der Waals surface area contributed by atoms with E-state index in [-0.39, 0.29) is 28.9 Å². The largest absolute Gasteiger partial charge is 0.477 e. The molecule has 2 saturated heterocycles. The molecule has 10 heteroatoms. The van der Waals surface area contributed by atoms with Gasteiger partial charge in [0.25, 0.3) is 5.91 Å². The zero-order valence-corrected chi connectivity index (χ0v) is 22.7. The maximum Gasteiger partial charge on any atom is 0.354 e. The average Bonchev–Trinajstić information content (AvgIpc) is 3.39. The van der Waals surface area contributed by atoms with Crippen LogP contribution in [-0.2, 0) is 5.41 Å². The number of carboxylic acids is 1. The summed E-state index contributed by atoms with van der Waals surface area (Å²) in [6.07, 6.45) is 4.48. The maximum absolute atomic E-state index is 13.1. The van der Waals surface area contributed by atoms with Crippen molar-refractivity contribution in [2.45, 2.75) is 44.6 Å². The van der Waals surface area contributed by atoms with Gasteiger partial charge in [-0.3, -0.25) is 4.79 Å². The average molecular weight is 540 g/mol. The van der Waals surface area contributed by atoms with E-state index in [0.717, 1.165) is 43.6 Å². The number of aryl methyl sites for hydroxylation is 1. The molecule has 0 saturated carbocycles. The minimum Gasteiger partial charge on any atom is -0.477 e. The Morgan fingerprint density at radius 2 is 1.77 bits per heavy atom. The molecule has 40 heavy (non-hydrogen) atoms. The van der Waals surface area contributed by atoms with Crippen LogP contribution in [-0.4, -0.2) is 68.8 Å². The van der Waals surface area contributed by atoms with Crippen molar-refractivity contribution in [2.75, 3.05) is 36.0 Å². The van der Waals surface area contributed by atoms with Crippen molar-refractivity contribution in [3.8, 4) is 0 Å². The topological polar surface area (TPSA) is 116 Å². The first-order chi connectivity index (χ1) is 19.3. The molecule has 2 aliphatic heterocycles. The summed E-state index contributed by atoms with van der Waals surface area (Å²) in [6, 6.07) is 17.8. The molecule has 3 aromatic heterocycles. The first-order valence-electron chi connectivity index (χ1n) is 13.8. The van der Waals surface area contributed by atoms with Gasteiger partial charge in [-0.05, 0) is 55.5 Å². The molecule has 2 N–H and O–H groups in total. The van der Waals surface area contributed by atoms with Gasteiger partial charge in [-0.25, -0.2) is 19.3 Å². The number of nitrogens with one attached hydrogen (secondary N) is 1. The molecule has 0 spiro atoms. The normalized spacial score (nSPS) is 17.1. The summed E-state index contributed by atoms with van der Waals surface area (Å²) in [6.45, 7) is 7.46. The molecule has 1 amide bonds. The van der Waals surface area contributed by atoms with Crippen molar-refractivity contribution < 1.29 is 14.7 Å². The molecule has 0 unspecified atom stereocenters. The quantitative estimate of drug-likeness (QED) is 0.365. The first kappa shape index (κ1) is 25.8. The Hall–Kier alpha value is -4.47. The zero-order valence-electron chi connectivity index (χ0n) is 22.7. The fraction of sp³-hybridized carbons (Fsp3) is 0.367. The van der Waals surface area contributed by atoms with Gasteiger partial charge in [0, 0.05) is 37.6 Å². The fourth-order valence-electron chi connectivity index (χ4n) is 5.89. The van der Waals surface area contributed by atoms with Crippen molar-refractivity contribution in [2.24, 2.45) is 0 Å². The standard InChI is InChI=1S/C30H33N7O3/c1-3-30(21-8-5-4-6-9-21)18-36(19-30)23-16-20(2)27-33-26(34-37(27)17-23)28(38)31-22-12-14-35(15-13-22)25-11-7-10-24(32-25)29(39)40/h4-11,16-17,22H,3,12-15,18-19H2,1-2H3,(H,31,38)(H,39,40). The molecule has 2 fully saturated rings. The second-order valence-corrected chi connectivity index (χ2v) is 10.9. The lowest BCUT2D eigenvalue weighted by atomic mass is 9.71. The number of rotatable bonds is 7. The number of fused-ring (bicyclic) bond motifs is 1. The Labute approximate surface area is 232 Å². The number of carbonyl (C=O) groups is 2. The molecule has 1 aromatic carbocycles. The molecule has 4 aromatic rings. The van der Waals surface area contributed by atoms with E-state index in [9.17, 15) is 14.7 Å². The van der Waals surface area contributed by atoms with Crippen LogP contribution in [0.2, 0.25) is 0 Å². The first-order valence-corrected chi connectivity index (χ1v) is 13.8. The maximum atomic E-state index is 13.1. The van der Waals surface area contributed by atoms with Gasteiger partial charge in [0.15, 0.2) is 11.3 Å². The number of hydrogen-bond donors (Lipinski definition) is 2. The van der Waals surface area contributed by atoms with E-state index in [1.165, 1.54) is 11.6 Å². The van der Waals surface area contributed by atoms with Crippen molar-refractivity contribution >= 4 is 29.0 Å². The number of benzene rings is 1. The third kappa shape index (κ3) is 4.74. The van der Waals surface area contributed by atoms with Crippen LogP contribution in [0.4, 0.5) is 11.5 Å². The van der Waals surface area contributed by atoms with Crippen molar-refractivity contribution in [1.82, 2.24) is 24.9 Å². The summed E-state index contributed by atoms with van der Waals surface area (Å²) in [5.41, 5.74) is 4.29. The van der Waals surface area contributed by atoms with Crippen LogP contribution in [0.1, 0.15) is 58.4 Å². The number of amides is 1. The lowest BCUT2D eigenvalue weighted by Crippen LogP contribution is -2.59. The van der Waals surface area contributed by atoms with Crippen molar-refractivity contribution in [1.29, 1.82) is 0 Å². The molecule has 10 nitrogen and oxygen atoms in total. The highest BCUT2D eigenvalue weighted by Gasteiger charge is 2.43. The van der Waals surface area contributed by atoms with Gasteiger partial charge in [0.2, 0.25) is 5.82 Å². The van der Waals surface area contributed by atoms with Crippen LogP contribution in [0.15, 0.2) is 60.8 Å². The minimum atomic E-state index is -1.04. The number of aromatic carboxylic acids is 1. The molecule has 0 bridgehead atoms. The summed E-state index contributed by atoms with van der Waals surface area (Å²) in [5, 5.41) is 16.8. The monoisotopic (exact) mass is 539 g/mol. The molecular weight excluding hydrogens is 506 g/mol. The molecular formula is C30H33N7O3. The summed E-state index contributed by atoms with van der Waals surface area (Å²) in [4.78, 5) is 37.5. The van der Waals surface area contributed by atoms with Gasteiger partial charge >= 0.3 is 5.97 Å². The molecule has 0 atom stereocenters. The number of aromatic nitrogens is 4. The Kier molecular flexibility index (Phi) is 6.61. The van der Waals surface area contributed by atoms with Crippen LogP contribution >= 0.6 is 0 Å². The van der Waals surface area contributed by atoms with E-state index < -0.39 is 5.97 Å². The fourth-order valence-corrected chi connectivity index (χ4v) is 5.89. The highest BCUT2D eigenvalue weighted by Crippen LogP contribution is 2.40. The second kappa shape index (κ2) is 10.3. The smallest absolute Gasteiger partial charge is 0.354 e. The van der Waals surface area contributed by atoms with Gasteiger partial charge in [-0.1, -0.05) is 43.3 Å². The summed E-state index contributed by atoms with van der Waals surface area (Å²) in [7, 11) is 0. The number of piperidine rings is 1. The van der Waals surface area contributed by atoms with E-state index in [0.29, 0.717) is 24.6 Å². The minimum absolute atomic E-state index is 0.0177. The van der Waals surface area contributed by atoms with Crippen LogP contribution in [0.5, 0.6) is 0 Å². The number of hydrogen-bond acceptors (Lipinski definition) is 7. The third-order valence-electron chi connectivity index (χ3n) is 8.33. The van der Waals surface area contributed by atoms with Gasteiger partial charge in [0.05, 0.1) is 11.9 Å². The van der Waals surface area contributed by atoms with Gasteiger partial charge < -0.3 is 20.2 Å². The SMILES string of the molecule is CCC1(c2ccccc2)CN(c2cc(C)c3nc(C(=O)NC4CCN(c5cccc(C(=O)O)n5)CC4)nn3c2)C1. The molecule has 6 rings (SSSR count). The molecule has 2 aliphatic rings. The van der Waals surface area contributed by atoms with E-state index in [2.05, 4.69) is 68.6 Å². The van der Waals surface area contributed by atoms with E-state index in [4.69, 9.17) is 0 Å². The zero-order chi connectivity index (χ0) is 27.9. The number of anilines is 2. The van der Waals surface area contributed by atoms with Crippen LogP contribution < -0.4 is 15.1 Å². The van der Waals surface area contributed by atoms with Crippen molar-refractivity contribution in [3.63, 3.8) is 0 Å². The molecule has 0 aliphatic carbocycles. The highest BCUT2D eigenvalue weighted by molar-refractivity contribution is 5.91. The number of carboxylic acid groups (broad SMARTS) is 1. The number of nitrogens with zero attached hydrogens (tertiary/aromatic N) is 6. The van der Waals surface area contributed by atoms with Crippen molar-refractivity contribution in [3.05, 3.63) is 83.4 Å². The summed E-state index contributed by atoms with van der Waals surface area (Å²) in [5.74, 6) is -0.529. The van der Waals surface area contributed by atoms with Crippen LogP contribution in [0.3, 0.4) is 0 Å². The predicted molar refractivity (Wildman–Crippen MR) is 152 cm³/mol. The highest BCUT2D eigenvalue weighted by atomic mass is 16.4. The third-order valence-corrected chi connectivity index (χ3v) is 8.33. The van der Waals surface area contributed by atoms with Crippen LogP contribution in [0.25, 0.3) is 5.65 Å². The predicted octanol–water partition coefficient (Wildman–Crippen LogP) is 3.70. The lowest BCUT2D eigenvalue weighted by molar-refractivity contribution is 0.0690. The Morgan fingerprint density at radius 1 is 1.02 bits per heavy atom. The van der Waals surface area contributed by atoms with E-state index in [1.54, 1.807) is 10.6 Å². The van der Waals surface area contributed by atoms with Gasteiger partial charge in [-0.2, -0.15) is 0 Å². The molecule has 5 heterocycles. The van der Waals surface area contributed by atoms with E-state index in [1.807, 2.05) is 24.1 Å². The van der Waals surface area contributed by atoms with E-state index >= 15 is 0 Å². The Bertz CT molecular complexity index is 1550. The number of pyridine rings is 2. The van der Waals surface area contributed by atoms with Gasteiger partial charge in [-0.15, -0.1) is 5.10 Å². The summed E-state index contributed by atoms with van der Waals surface area (Å²) < 4.78 is 1.72. The molecule has 0 radical (unpaired) electrons. The lowest BCUT2D eigenvalue weighted by Gasteiger charge is -2.51. The Morgan fingerprint density at radius 3 is 2.48 bits per heavy atom. The second-order valence-electron chi connectivity index (χ2n) is 10.9. The summed E-state index contributed by atoms with van der Waals surface area (Å²) >= 11 is 0. The Balaban J connectivity index is 1.10. The number of carbonyl (C=O) groups excluding carboxylic acids is 1.